The van der Waals surface area contributed by atoms with Crippen molar-refractivity contribution in [1.82, 2.24) is 9.97 Å². The first-order valence-electron chi connectivity index (χ1n) is 21.6. The fourth-order valence-electron chi connectivity index (χ4n) is 11.1. The molecule has 9 aromatic carbocycles. The van der Waals surface area contributed by atoms with Crippen LogP contribution in [0, 0.1) is 0 Å². The third-order valence-corrected chi connectivity index (χ3v) is 14.8. The summed E-state index contributed by atoms with van der Waals surface area (Å²) in [5, 5.41) is 0. The van der Waals surface area contributed by atoms with E-state index < -0.39 is 10.8 Å². The van der Waals surface area contributed by atoms with Gasteiger partial charge >= 0.3 is 0 Å². The van der Waals surface area contributed by atoms with Gasteiger partial charge in [-0.15, -0.1) is 0 Å². The Labute approximate surface area is 371 Å². The zero-order valence-corrected chi connectivity index (χ0v) is 35.1. The molecule has 3 heteroatoms. The molecule has 2 nitrogen and oxygen atoms in total. The second-order valence-corrected chi connectivity index (χ2v) is 17.8. The number of nitrogens with zero attached hydrogens (tertiary/aromatic N) is 2. The number of fused-ring (bicyclic) bond motifs is 15. The predicted octanol–water partition coefficient (Wildman–Crippen LogP) is 14.7. The highest BCUT2D eigenvalue weighted by Crippen LogP contribution is 2.67. The molecule has 0 fully saturated rings. The molecule has 2 heterocycles. The van der Waals surface area contributed by atoms with Gasteiger partial charge < -0.3 is 0 Å². The highest BCUT2D eigenvalue weighted by atomic mass is 32.2. The quantitative estimate of drug-likeness (QED) is 0.177. The Kier molecular flexibility index (Phi) is 8.00. The Morgan fingerprint density at radius 1 is 0.270 bits per heavy atom. The number of aromatic nitrogens is 2. The molecule has 1 aromatic heterocycles. The molecule has 10 aromatic rings. The Morgan fingerprint density at radius 3 is 1.21 bits per heavy atom. The number of rotatable bonds is 4. The van der Waals surface area contributed by atoms with Crippen molar-refractivity contribution in [3.05, 3.63) is 275 Å². The summed E-state index contributed by atoms with van der Waals surface area (Å²) < 4.78 is 0. The molecule has 2 aliphatic carbocycles. The maximum Gasteiger partial charge on any atom is 0.160 e. The van der Waals surface area contributed by atoms with Crippen molar-refractivity contribution in [3.8, 4) is 56.2 Å². The van der Waals surface area contributed by atoms with E-state index in [-0.39, 0.29) is 0 Å². The van der Waals surface area contributed by atoms with Crippen LogP contribution >= 0.6 is 11.8 Å². The Hall–Kier alpha value is -7.59. The van der Waals surface area contributed by atoms with Gasteiger partial charge in [-0.1, -0.05) is 218 Å². The molecule has 0 amide bonds. The highest BCUT2D eigenvalue weighted by Gasteiger charge is 2.58. The molecule has 0 radical (unpaired) electrons. The molecular formula is C60H38N2S. The van der Waals surface area contributed by atoms with E-state index in [1.165, 1.54) is 71.0 Å². The molecule has 63 heavy (non-hydrogen) atoms. The summed E-state index contributed by atoms with van der Waals surface area (Å²) in [4.78, 5) is 12.8. The van der Waals surface area contributed by atoms with Gasteiger partial charge in [0, 0.05) is 26.5 Å². The highest BCUT2D eigenvalue weighted by molar-refractivity contribution is 7.99. The van der Waals surface area contributed by atoms with E-state index in [9.17, 15) is 0 Å². The van der Waals surface area contributed by atoms with Gasteiger partial charge in [-0.05, 0) is 91.0 Å². The molecule has 294 valence electrons. The SMILES string of the molecule is c1ccc(-c2cc(-c3ccccc3)nc(-c3ccc(-c4ccc5c(c4)C4(c6ccccc6S5)c5ccccc5C5(c6ccccc6-c6ccccc65)c5ccccc54)cc3)n2)cc1. The maximum atomic E-state index is 5.13. The molecule has 0 saturated heterocycles. The van der Waals surface area contributed by atoms with Crippen LogP contribution in [-0.4, -0.2) is 9.97 Å². The topological polar surface area (TPSA) is 25.8 Å². The zero-order chi connectivity index (χ0) is 41.5. The van der Waals surface area contributed by atoms with Crippen LogP contribution in [0.5, 0.6) is 0 Å². The van der Waals surface area contributed by atoms with E-state index in [4.69, 9.17) is 9.97 Å². The van der Waals surface area contributed by atoms with Gasteiger partial charge in [-0.25, -0.2) is 9.97 Å². The molecule has 2 spiro atoms. The first-order valence-corrected chi connectivity index (χ1v) is 22.5. The van der Waals surface area contributed by atoms with Crippen molar-refractivity contribution in [3.63, 3.8) is 0 Å². The van der Waals surface area contributed by atoms with Gasteiger partial charge in [0.25, 0.3) is 0 Å². The van der Waals surface area contributed by atoms with Crippen molar-refractivity contribution in [2.24, 2.45) is 0 Å². The van der Waals surface area contributed by atoms with Crippen molar-refractivity contribution in [1.29, 1.82) is 0 Å². The molecule has 3 aliphatic rings. The van der Waals surface area contributed by atoms with Crippen LogP contribution < -0.4 is 0 Å². The van der Waals surface area contributed by atoms with Crippen LogP contribution in [-0.2, 0) is 10.8 Å². The van der Waals surface area contributed by atoms with Crippen molar-refractivity contribution in [2.75, 3.05) is 0 Å². The minimum absolute atomic E-state index is 0.473. The van der Waals surface area contributed by atoms with Gasteiger partial charge in [0.05, 0.1) is 22.2 Å². The minimum Gasteiger partial charge on any atom is -0.228 e. The lowest BCUT2D eigenvalue weighted by molar-refractivity contribution is 0.606. The second kappa shape index (κ2) is 14.0. The fraction of sp³-hybridized carbons (Fsp3) is 0.0333. The Balaban J connectivity index is 1.01. The van der Waals surface area contributed by atoms with Gasteiger partial charge in [-0.3, -0.25) is 0 Å². The monoisotopic (exact) mass is 818 g/mol. The molecule has 0 N–H and O–H groups in total. The first kappa shape index (κ1) is 36.1. The molecule has 0 unspecified atom stereocenters. The molecule has 13 rings (SSSR count). The van der Waals surface area contributed by atoms with E-state index >= 15 is 0 Å². The van der Waals surface area contributed by atoms with Crippen LogP contribution in [0.4, 0.5) is 0 Å². The van der Waals surface area contributed by atoms with Crippen LogP contribution in [0.2, 0.25) is 0 Å². The Bertz CT molecular complexity index is 3270. The van der Waals surface area contributed by atoms with Crippen LogP contribution in [0.15, 0.2) is 240 Å². The van der Waals surface area contributed by atoms with Crippen molar-refractivity contribution < 1.29 is 0 Å². The third kappa shape index (κ3) is 5.15. The fourth-order valence-corrected chi connectivity index (χ4v) is 12.3. The molecular weight excluding hydrogens is 781 g/mol. The van der Waals surface area contributed by atoms with E-state index in [0.29, 0.717) is 5.82 Å². The largest absolute Gasteiger partial charge is 0.228 e. The van der Waals surface area contributed by atoms with Gasteiger partial charge in [0.1, 0.15) is 0 Å². The summed E-state index contributed by atoms with van der Waals surface area (Å²) in [7, 11) is 0. The lowest BCUT2D eigenvalue weighted by Crippen LogP contribution is -2.45. The van der Waals surface area contributed by atoms with E-state index in [1.807, 2.05) is 23.9 Å². The smallest absolute Gasteiger partial charge is 0.160 e. The van der Waals surface area contributed by atoms with Gasteiger partial charge in [0.15, 0.2) is 5.82 Å². The zero-order valence-electron chi connectivity index (χ0n) is 34.2. The van der Waals surface area contributed by atoms with Crippen molar-refractivity contribution in [2.45, 2.75) is 20.6 Å². The summed E-state index contributed by atoms with van der Waals surface area (Å²) in [6.45, 7) is 0. The summed E-state index contributed by atoms with van der Waals surface area (Å²) in [6.07, 6.45) is 0. The standard InChI is InChI=1S/C60H38N2S/c1-3-17-40(18-4-1)54-38-55(41-19-5-2-6-20-41)62-58(61-54)42-33-31-39(32-34-42)43-35-36-57-53(37-43)60(52-29-15-16-30-56(52)63-57)50-27-13-11-25-48(50)59(49-26-12-14-28-51(49)60)46-23-9-7-21-44(46)45-22-8-10-24-47(45)59/h1-38H. The summed E-state index contributed by atoms with van der Waals surface area (Å²) in [5.74, 6) is 0.707. The first-order chi connectivity index (χ1) is 31.2. The molecule has 1 aliphatic heterocycles. The average Bonchev–Trinajstić information content (AvgIpc) is 3.66. The number of benzene rings is 9. The van der Waals surface area contributed by atoms with Gasteiger partial charge in [0.2, 0.25) is 0 Å². The lowest BCUT2D eigenvalue weighted by Gasteiger charge is -2.51. The second-order valence-electron chi connectivity index (χ2n) is 16.8. The third-order valence-electron chi connectivity index (χ3n) is 13.7. The minimum atomic E-state index is -0.572. The molecule has 0 atom stereocenters. The maximum absolute atomic E-state index is 5.13. The average molecular weight is 819 g/mol. The van der Waals surface area contributed by atoms with Crippen LogP contribution in [0.1, 0.15) is 44.5 Å². The normalized spacial score (nSPS) is 14.2. The summed E-state index contributed by atoms with van der Waals surface area (Å²) >= 11 is 1.89. The van der Waals surface area contributed by atoms with E-state index in [0.717, 1.165) is 33.6 Å². The predicted molar refractivity (Wildman–Crippen MR) is 257 cm³/mol. The van der Waals surface area contributed by atoms with Gasteiger partial charge in [-0.2, -0.15) is 0 Å². The van der Waals surface area contributed by atoms with E-state index in [1.54, 1.807) is 0 Å². The summed E-state index contributed by atoms with van der Waals surface area (Å²) in [5.41, 5.74) is 19.5. The number of hydrogen-bond acceptors (Lipinski definition) is 3. The molecule has 0 bridgehead atoms. The Morgan fingerprint density at radius 2 is 0.667 bits per heavy atom. The van der Waals surface area contributed by atoms with Crippen LogP contribution in [0.3, 0.4) is 0 Å². The van der Waals surface area contributed by atoms with E-state index in [2.05, 4.69) is 218 Å². The molecule has 0 saturated carbocycles. The number of hydrogen-bond donors (Lipinski definition) is 0. The lowest BCUT2D eigenvalue weighted by atomic mass is 9.51. The van der Waals surface area contributed by atoms with Crippen molar-refractivity contribution >= 4 is 11.8 Å². The summed E-state index contributed by atoms with van der Waals surface area (Å²) in [6, 6.07) is 84.7. The van der Waals surface area contributed by atoms with Crippen LogP contribution in [0.25, 0.3) is 56.2 Å².